The van der Waals surface area contributed by atoms with Crippen LogP contribution in [0.4, 0.5) is 17.1 Å². The van der Waals surface area contributed by atoms with Crippen molar-refractivity contribution in [1.29, 1.82) is 0 Å². The molecule has 1 aliphatic rings. The highest BCUT2D eigenvalue weighted by Gasteiger charge is 2.19. The highest BCUT2D eigenvalue weighted by Crippen LogP contribution is 2.29. The lowest BCUT2D eigenvalue weighted by Crippen LogP contribution is -2.36. The SMILES string of the molecule is CC1CCN(c2ccccc2NC(=S)NC(=O)c2cccc([N+](=O)[O-])c2)CC1. The fourth-order valence-corrected chi connectivity index (χ4v) is 3.40. The van der Waals surface area contributed by atoms with E-state index in [2.05, 4.69) is 22.5 Å². The van der Waals surface area contributed by atoms with Crippen molar-refractivity contribution < 1.29 is 9.72 Å². The average Bonchev–Trinajstić information content (AvgIpc) is 2.69. The highest BCUT2D eigenvalue weighted by atomic mass is 32.1. The van der Waals surface area contributed by atoms with Gasteiger partial charge in [0.15, 0.2) is 5.11 Å². The second kappa shape index (κ2) is 8.79. The molecular formula is C20H22N4O3S. The standard InChI is InChI=1S/C20H22N4O3S/c1-14-9-11-23(12-10-14)18-8-3-2-7-17(18)21-20(28)22-19(25)15-5-4-6-16(13-15)24(26)27/h2-8,13-14H,9-12H2,1H3,(H2,21,22,25,28). The zero-order chi connectivity index (χ0) is 20.1. The van der Waals surface area contributed by atoms with Crippen molar-refractivity contribution in [3.63, 3.8) is 0 Å². The van der Waals surface area contributed by atoms with Crippen LogP contribution in [-0.2, 0) is 0 Å². The van der Waals surface area contributed by atoms with Gasteiger partial charge >= 0.3 is 0 Å². The van der Waals surface area contributed by atoms with Gasteiger partial charge in [0, 0.05) is 30.8 Å². The number of rotatable bonds is 4. The number of nitrogens with one attached hydrogen (secondary N) is 2. The second-order valence-corrected chi connectivity index (χ2v) is 7.31. The number of hydrogen-bond donors (Lipinski definition) is 2. The van der Waals surface area contributed by atoms with Crippen molar-refractivity contribution in [1.82, 2.24) is 5.32 Å². The summed E-state index contributed by atoms with van der Waals surface area (Å²) < 4.78 is 0. The van der Waals surface area contributed by atoms with E-state index >= 15 is 0 Å². The summed E-state index contributed by atoms with van der Waals surface area (Å²) in [7, 11) is 0. The van der Waals surface area contributed by atoms with E-state index in [1.54, 1.807) is 0 Å². The van der Waals surface area contributed by atoms with Crippen LogP contribution in [0.25, 0.3) is 0 Å². The van der Waals surface area contributed by atoms with E-state index in [4.69, 9.17) is 12.2 Å². The summed E-state index contributed by atoms with van der Waals surface area (Å²) in [5, 5.41) is 16.7. The molecule has 0 saturated carbocycles. The molecule has 0 spiro atoms. The number of hydrogen-bond acceptors (Lipinski definition) is 5. The first-order chi connectivity index (χ1) is 13.4. The number of piperidine rings is 1. The molecule has 8 heteroatoms. The highest BCUT2D eigenvalue weighted by molar-refractivity contribution is 7.80. The third-order valence-corrected chi connectivity index (χ3v) is 5.03. The summed E-state index contributed by atoms with van der Waals surface area (Å²) in [6.07, 6.45) is 2.28. The minimum absolute atomic E-state index is 0.142. The zero-order valence-electron chi connectivity index (χ0n) is 15.6. The average molecular weight is 398 g/mol. The summed E-state index contributed by atoms with van der Waals surface area (Å²) in [4.78, 5) is 25.0. The van der Waals surface area contributed by atoms with Crippen LogP contribution in [0.3, 0.4) is 0 Å². The number of amides is 1. The molecule has 1 saturated heterocycles. The largest absolute Gasteiger partial charge is 0.370 e. The van der Waals surface area contributed by atoms with E-state index in [-0.39, 0.29) is 16.4 Å². The number of carbonyl (C=O) groups excluding carboxylic acids is 1. The van der Waals surface area contributed by atoms with Crippen LogP contribution in [0.15, 0.2) is 48.5 Å². The van der Waals surface area contributed by atoms with Crippen LogP contribution < -0.4 is 15.5 Å². The van der Waals surface area contributed by atoms with Crippen LogP contribution in [0, 0.1) is 16.0 Å². The molecule has 2 N–H and O–H groups in total. The summed E-state index contributed by atoms with van der Waals surface area (Å²) in [6, 6.07) is 13.4. The van der Waals surface area contributed by atoms with Crippen molar-refractivity contribution in [2.24, 2.45) is 5.92 Å². The number of carbonyl (C=O) groups is 1. The number of nitro groups is 1. The topological polar surface area (TPSA) is 87.5 Å². The van der Waals surface area contributed by atoms with E-state index < -0.39 is 10.8 Å². The molecule has 0 atom stereocenters. The Morgan fingerprint density at radius 1 is 1.18 bits per heavy atom. The van der Waals surface area contributed by atoms with E-state index in [1.165, 1.54) is 24.3 Å². The maximum absolute atomic E-state index is 12.4. The van der Waals surface area contributed by atoms with Crippen molar-refractivity contribution in [2.45, 2.75) is 19.8 Å². The van der Waals surface area contributed by atoms with E-state index in [1.807, 2.05) is 24.3 Å². The first kappa shape index (κ1) is 19.8. The quantitative estimate of drug-likeness (QED) is 0.461. The Kier molecular flexibility index (Phi) is 6.20. The van der Waals surface area contributed by atoms with Crippen molar-refractivity contribution in [3.05, 3.63) is 64.2 Å². The number of nitrogens with zero attached hydrogens (tertiary/aromatic N) is 2. The molecule has 0 aliphatic carbocycles. The van der Waals surface area contributed by atoms with Crippen molar-refractivity contribution in [3.8, 4) is 0 Å². The molecule has 0 radical (unpaired) electrons. The number of para-hydroxylation sites is 2. The van der Waals surface area contributed by atoms with Gasteiger partial charge in [-0.3, -0.25) is 20.2 Å². The molecule has 2 aromatic rings. The first-order valence-electron chi connectivity index (χ1n) is 9.15. The zero-order valence-corrected chi connectivity index (χ0v) is 16.4. The van der Waals surface area contributed by atoms with Crippen LogP contribution in [0.5, 0.6) is 0 Å². The third kappa shape index (κ3) is 4.83. The maximum Gasteiger partial charge on any atom is 0.270 e. The summed E-state index contributed by atoms with van der Waals surface area (Å²) in [5.74, 6) is 0.233. The van der Waals surface area contributed by atoms with Gasteiger partial charge in [-0.25, -0.2) is 0 Å². The van der Waals surface area contributed by atoms with Gasteiger partial charge in [0.05, 0.1) is 16.3 Å². The molecule has 0 bridgehead atoms. The lowest BCUT2D eigenvalue weighted by Gasteiger charge is -2.33. The Morgan fingerprint density at radius 3 is 2.61 bits per heavy atom. The molecule has 1 fully saturated rings. The molecular weight excluding hydrogens is 376 g/mol. The monoisotopic (exact) mass is 398 g/mol. The fourth-order valence-electron chi connectivity index (χ4n) is 3.19. The minimum Gasteiger partial charge on any atom is -0.370 e. The Balaban J connectivity index is 1.67. The number of non-ortho nitro benzene ring substituents is 1. The van der Waals surface area contributed by atoms with E-state index in [0.29, 0.717) is 0 Å². The molecule has 1 aliphatic heterocycles. The first-order valence-corrected chi connectivity index (χ1v) is 9.55. The molecule has 7 nitrogen and oxygen atoms in total. The molecule has 3 rings (SSSR count). The summed E-state index contributed by atoms with van der Waals surface area (Å²) in [5.41, 5.74) is 1.90. The van der Waals surface area contributed by atoms with Gasteiger partial charge in [-0.05, 0) is 49.2 Å². The van der Waals surface area contributed by atoms with Crippen LogP contribution >= 0.6 is 12.2 Å². The van der Waals surface area contributed by atoms with Gasteiger partial charge in [0.2, 0.25) is 0 Å². The Hall–Kier alpha value is -3.00. The van der Waals surface area contributed by atoms with E-state index in [9.17, 15) is 14.9 Å². The van der Waals surface area contributed by atoms with Crippen LogP contribution in [-0.4, -0.2) is 29.0 Å². The second-order valence-electron chi connectivity index (χ2n) is 6.90. The maximum atomic E-state index is 12.4. The van der Waals surface area contributed by atoms with Crippen molar-refractivity contribution in [2.75, 3.05) is 23.3 Å². The molecule has 146 valence electrons. The lowest BCUT2D eigenvalue weighted by atomic mass is 9.98. The summed E-state index contributed by atoms with van der Waals surface area (Å²) >= 11 is 5.28. The predicted molar refractivity (Wildman–Crippen MR) is 114 cm³/mol. The van der Waals surface area contributed by atoms with Gasteiger partial charge in [0.1, 0.15) is 0 Å². The Morgan fingerprint density at radius 2 is 1.89 bits per heavy atom. The third-order valence-electron chi connectivity index (χ3n) is 4.82. The number of benzene rings is 2. The molecule has 2 aromatic carbocycles. The molecule has 0 aromatic heterocycles. The van der Waals surface area contributed by atoms with Gasteiger partial charge < -0.3 is 10.2 Å². The smallest absolute Gasteiger partial charge is 0.270 e. The van der Waals surface area contributed by atoms with Crippen molar-refractivity contribution >= 4 is 40.3 Å². The van der Waals surface area contributed by atoms with Gasteiger partial charge in [-0.15, -0.1) is 0 Å². The fraction of sp³-hybridized carbons (Fsp3) is 0.300. The van der Waals surface area contributed by atoms with Gasteiger partial charge in [-0.1, -0.05) is 25.1 Å². The van der Waals surface area contributed by atoms with Gasteiger partial charge in [0.25, 0.3) is 11.6 Å². The van der Waals surface area contributed by atoms with Crippen LogP contribution in [0.1, 0.15) is 30.1 Å². The molecule has 1 heterocycles. The molecule has 1 amide bonds. The minimum atomic E-state index is -0.539. The van der Waals surface area contributed by atoms with E-state index in [0.717, 1.165) is 43.2 Å². The van der Waals surface area contributed by atoms with Crippen LogP contribution in [0.2, 0.25) is 0 Å². The number of nitro benzene ring substituents is 1. The number of anilines is 2. The Bertz CT molecular complexity index is 895. The van der Waals surface area contributed by atoms with Gasteiger partial charge in [-0.2, -0.15) is 0 Å². The lowest BCUT2D eigenvalue weighted by molar-refractivity contribution is -0.384. The normalized spacial score (nSPS) is 14.4. The summed E-state index contributed by atoms with van der Waals surface area (Å²) in [6.45, 7) is 4.22. The predicted octanol–water partition coefficient (Wildman–Crippen LogP) is 3.96. The molecule has 28 heavy (non-hydrogen) atoms. The molecule has 0 unspecified atom stereocenters. The number of thiocarbonyl (C=S) groups is 1. The Labute approximate surface area is 168 Å².